The van der Waals surface area contributed by atoms with Crippen LogP contribution >= 0.6 is 0 Å². The summed E-state index contributed by atoms with van der Waals surface area (Å²) in [6.45, 7) is 9.04. The number of hydrogen-bond acceptors (Lipinski definition) is 3. The summed E-state index contributed by atoms with van der Waals surface area (Å²) in [4.78, 5) is 14.5. The molecule has 1 aliphatic carbocycles. The molecule has 136 valence electrons. The van der Waals surface area contributed by atoms with Gasteiger partial charge in [0.15, 0.2) is 0 Å². The minimum atomic E-state index is 0.233. The van der Waals surface area contributed by atoms with Gasteiger partial charge in [0.1, 0.15) is 0 Å². The van der Waals surface area contributed by atoms with Gasteiger partial charge in [0.2, 0.25) is 5.91 Å². The van der Waals surface area contributed by atoms with Crippen molar-refractivity contribution in [2.75, 3.05) is 26.2 Å². The normalized spacial score (nSPS) is 29.0. The van der Waals surface area contributed by atoms with Crippen LogP contribution in [0.3, 0.4) is 0 Å². The number of carbonyl (C=O) groups excluding carboxylic acids is 1. The molecule has 2 heterocycles. The third-order valence-electron chi connectivity index (χ3n) is 6.15. The zero-order chi connectivity index (χ0) is 17.4. The highest BCUT2D eigenvalue weighted by Gasteiger charge is 2.43. The first-order valence-electron chi connectivity index (χ1n) is 9.75. The Balaban J connectivity index is 1.30. The average molecular weight is 342 g/mol. The van der Waals surface area contributed by atoms with Crippen LogP contribution in [0.2, 0.25) is 0 Å². The van der Waals surface area contributed by atoms with Gasteiger partial charge in [-0.3, -0.25) is 9.69 Å². The van der Waals surface area contributed by atoms with Gasteiger partial charge in [-0.1, -0.05) is 23.8 Å². The van der Waals surface area contributed by atoms with Gasteiger partial charge in [0.05, 0.1) is 12.7 Å². The van der Waals surface area contributed by atoms with Crippen molar-refractivity contribution in [2.45, 2.75) is 45.8 Å². The predicted molar refractivity (Wildman–Crippen MR) is 98.3 cm³/mol. The van der Waals surface area contributed by atoms with Crippen LogP contribution in [0.1, 0.15) is 36.0 Å². The molecule has 3 atom stereocenters. The molecule has 1 saturated carbocycles. The Bertz CT molecular complexity index is 641. The maximum Gasteiger partial charge on any atom is 0.220 e. The highest BCUT2D eigenvalue weighted by atomic mass is 16.5. The SMILES string of the molecule is Cc1ccc(C)c(CN2C[C@H]3[C@@H](CNC(=O)CC4CC4)CO[C@H]3C2)c1. The van der Waals surface area contributed by atoms with E-state index >= 15 is 0 Å². The lowest BCUT2D eigenvalue weighted by atomic mass is 9.93. The Morgan fingerprint density at radius 3 is 2.92 bits per heavy atom. The molecule has 2 aliphatic heterocycles. The van der Waals surface area contributed by atoms with Gasteiger partial charge in [-0.05, 0) is 43.7 Å². The molecule has 3 aliphatic rings. The Morgan fingerprint density at radius 1 is 1.28 bits per heavy atom. The van der Waals surface area contributed by atoms with Gasteiger partial charge in [-0.25, -0.2) is 0 Å². The predicted octanol–water partition coefficient (Wildman–Crippen LogP) is 2.67. The molecule has 0 unspecified atom stereocenters. The van der Waals surface area contributed by atoms with Crippen molar-refractivity contribution in [1.82, 2.24) is 10.2 Å². The number of hydrogen-bond donors (Lipinski definition) is 1. The summed E-state index contributed by atoms with van der Waals surface area (Å²) in [6, 6.07) is 6.71. The van der Waals surface area contributed by atoms with E-state index in [9.17, 15) is 4.79 Å². The second kappa shape index (κ2) is 7.08. The van der Waals surface area contributed by atoms with Gasteiger partial charge >= 0.3 is 0 Å². The van der Waals surface area contributed by atoms with E-state index in [4.69, 9.17) is 4.74 Å². The molecular weight excluding hydrogens is 312 g/mol. The van der Waals surface area contributed by atoms with E-state index < -0.39 is 0 Å². The molecule has 1 aromatic carbocycles. The Labute approximate surface area is 150 Å². The van der Waals surface area contributed by atoms with E-state index in [-0.39, 0.29) is 5.91 Å². The monoisotopic (exact) mass is 342 g/mol. The van der Waals surface area contributed by atoms with E-state index in [1.54, 1.807) is 0 Å². The summed E-state index contributed by atoms with van der Waals surface area (Å²) in [5.41, 5.74) is 4.12. The van der Waals surface area contributed by atoms with Crippen LogP contribution in [0.15, 0.2) is 18.2 Å². The first kappa shape index (κ1) is 17.0. The smallest absolute Gasteiger partial charge is 0.220 e. The largest absolute Gasteiger partial charge is 0.376 e. The van der Waals surface area contributed by atoms with E-state index in [0.29, 0.717) is 23.9 Å². The zero-order valence-corrected chi connectivity index (χ0v) is 15.5. The van der Waals surface area contributed by atoms with E-state index in [1.165, 1.54) is 29.5 Å². The maximum absolute atomic E-state index is 12.0. The minimum Gasteiger partial charge on any atom is -0.376 e. The zero-order valence-electron chi connectivity index (χ0n) is 15.5. The molecule has 1 N–H and O–H groups in total. The lowest BCUT2D eigenvalue weighted by Crippen LogP contribution is -2.34. The van der Waals surface area contributed by atoms with E-state index in [2.05, 4.69) is 42.3 Å². The molecule has 2 saturated heterocycles. The molecule has 0 spiro atoms. The molecule has 1 aromatic rings. The highest BCUT2D eigenvalue weighted by molar-refractivity contribution is 5.76. The summed E-state index contributed by atoms with van der Waals surface area (Å²) in [7, 11) is 0. The number of fused-ring (bicyclic) bond motifs is 1. The molecule has 4 heteroatoms. The van der Waals surface area contributed by atoms with Crippen LogP contribution in [0.4, 0.5) is 0 Å². The van der Waals surface area contributed by atoms with Crippen LogP contribution in [0.5, 0.6) is 0 Å². The van der Waals surface area contributed by atoms with E-state index in [1.807, 2.05) is 0 Å². The Hall–Kier alpha value is -1.39. The molecule has 1 amide bonds. The maximum atomic E-state index is 12.0. The van der Waals surface area contributed by atoms with Crippen molar-refractivity contribution in [2.24, 2.45) is 17.8 Å². The summed E-state index contributed by atoms with van der Waals surface area (Å²) < 4.78 is 6.04. The summed E-state index contributed by atoms with van der Waals surface area (Å²) >= 11 is 0. The number of nitrogens with zero attached hydrogens (tertiary/aromatic N) is 1. The van der Waals surface area contributed by atoms with Crippen molar-refractivity contribution in [3.63, 3.8) is 0 Å². The van der Waals surface area contributed by atoms with Crippen LogP contribution < -0.4 is 5.32 Å². The second-order valence-electron chi connectivity index (χ2n) is 8.37. The Kier molecular flexibility index (Phi) is 4.83. The molecule has 4 nitrogen and oxygen atoms in total. The third kappa shape index (κ3) is 4.06. The number of likely N-dealkylation sites (tertiary alicyclic amines) is 1. The second-order valence-corrected chi connectivity index (χ2v) is 8.37. The molecule has 0 bridgehead atoms. The summed E-state index contributed by atoms with van der Waals surface area (Å²) in [6.07, 6.45) is 3.53. The number of carbonyl (C=O) groups is 1. The van der Waals surface area contributed by atoms with Crippen molar-refractivity contribution < 1.29 is 9.53 Å². The standard InChI is InChI=1S/C21H30N2O2/c1-14-3-4-15(2)17(7-14)10-23-11-19-18(13-25-20(19)12-23)9-22-21(24)8-16-5-6-16/h3-4,7,16,18-20H,5-6,8-13H2,1-2H3,(H,22,24)/t18-,19-,20-/m0/s1. The van der Waals surface area contributed by atoms with Crippen LogP contribution in [0, 0.1) is 31.6 Å². The van der Waals surface area contributed by atoms with Crippen molar-refractivity contribution in [3.8, 4) is 0 Å². The van der Waals surface area contributed by atoms with Gasteiger partial charge in [0, 0.05) is 44.4 Å². The van der Waals surface area contributed by atoms with Crippen molar-refractivity contribution in [3.05, 3.63) is 34.9 Å². The van der Waals surface area contributed by atoms with Crippen LogP contribution in [-0.2, 0) is 16.1 Å². The summed E-state index contributed by atoms with van der Waals surface area (Å²) in [5, 5.41) is 3.15. The number of benzene rings is 1. The number of ether oxygens (including phenoxy) is 1. The first-order valence-corrected chi connectivity index (χ1v) is 9.75. The fourth-order valence-corrected chi connectivity index (χ4v) is 4.33. The minimum absolute atomic E-state index is 0.233. The first-order chi connectivity index (χ1) is 12.1. The number of rotatable bonds is 6. The topological polar surface area (TPSA) is 41.6 Å². The molecule has 0 radical (unpaired) electrons. The van der Waals surface area contributed by atoms with E-state index in [0.717, 1.165) is 39.2 Å². The Morgan fingerprint density at radius 2 is 2.12 bits per heavy atom. The van der Waals surface area contributed by atoms with Crippen LogP contribution in [0.25, 0.3) is 0 Å². The van der Waals surface area contributed by atoms with Gasteiger partial charge < -0.3 is 10.1 Å². The number of aryl methyl sites for hydroxylation is 2. The molecule has 25 heavy (non-hydrogen) atoms. The lowest BCUT2D eigenvalue weighted by Gasteiger charge is -2.21. The van der Waals surface area contributed by atoms with Gasteiger partial charge in [-0.15, -0.1) is 0 Å². The molecular formula is C21H30N2O2. The van der Waals surface area contributed by atoms with Crippen LogP contribution in [-0.4, -0.2) is 43.2 Å². The quantitative estimate of drug-likeness (QED) is 0.864. The van der Waals surface area contributed by atoms with Crippen molar-refractivity contribution >= 4 is 5.91 Å². The van der Waals surface area contributed by atoms with Crippen molar-refractivity contribution in [1.29, 1.82) is 0 Å². The number of amides is 1. The molecule has 3 fully saturated rings. The molecule has 0 aromatic heterocycles. The van der Waals surface area contributed by atoms with Gasteiger partial charge in [-0.2, -0.15) is 0 Å². The highest BCUT2D eigenvalue weighted by Crippen LogP contribution is 2.35. The third-order valence-corrected chi connectivity index (χ3v) is 6.15. The molecule has 4 rings (SSSR count). The average Bonchev–Trinajstić information content (AvgIpc) is 3.17. The number of nitrogens with one attached hydrogen (secondary N) is 1. The fraction of sp³-hybridized carbons (Fsp3) is 0.667. The summed E-state index contributed by atoms with van der Waals surface area (Å²) in [5.74, 6) is 1.92. The fourth-order valence-electron chi connectivity index (χ4n) is 4.33. The van der Waals surface area contributed by atoms with Gasteiger partial charge in [0.25, 0.3) is 0 Å². The lowest BCUT2D eigenvalue weighted by molar-refractivity contribution is -0.121.